The van der Waals surface area contributed by atoms with Gasteiger partial charge in [-0.3, -0.25) is 9.78 Å². The van der Waals surface area contributed by atoms with E-state index >= 15 is 0 Å². The van der Waals surface area contributed by atoms with Crippen LogP contribution in [-0.4, -0.2) is 22.0 Å². The number of hydrogen-bond donors (Lipinski definition) is 1. The van der Waals surface area contributed by atoms with Gasteiger partial charge in [0.2, 0.25) is 0 Å². The lowest BCUT2D eigenvalue weighted by molar-refractivity contribution is -0.122. The highest BCUT2D eigenvalue weighted by Crippen LogP contribution is 2.30. The van der Waals surface area contributed by atoms with Crippen LogP contribution in [0.3, 0.4) is 0 Å². The molecule has 8 heteroatoms. The number of amides is 1. The zero-order valence-corrected chi connectivity index (χ0v) is 18.7. The molecule has 2 aromatic carbocycles. The van der Waals surface area contributed by atoms with Crippen LogP contribution < -0.4 is 10.1 Å². The Bertz CT molecular complexity index is 1210. The molecule has 4 rings (SSSR count). The number of rotatable bonds is 6. The zero-order chi connectivity index (χ0) is 21.8. The Morgan fingerprint density at radius 1 is 1.06 bits per heavy atom. The molecule has 1 amide bonds. The lowest BCUT2D eigenvalue weighted by Gasteiger charge is -2.16. The molecule has 0 spiro atoms. The van der Waals surface area contributed by atoms with Crippen molar-refractivity contribution < 1.29 is 9.53 Å². The number of hydrogen-bond acceptors (Lipinski definition) is 5. The monoisotopic (exact) mass is 469 g/mol. The van der Waals surface area contributed by atoms with Crippen LogP contribution in [0.4, 0.5) is 5.69 Å². The van der Waals surface area contributed by atoms with Crippen LogP contribution in [0.1, 0.15) is 6.92 Å². The molecule has 0 radical (unpaired) electrons. The van der Waals surface area contributed by atoms with Crippen molar-refractivity contribution in [3.63, 3.8) is 0 Å². The second-order valence-corrected chi connectivity index (χ2v) is 8.36. The molecule has 0 saturated carbocycles. The van der Waals surface area contributed by atoms with E-state index in [2.05, 4.69) is 15.3 Å². The molecular weight excluding hydrogens is 453 g/mol. The Kier molecular flexibility index (Phi) is 6.51. The molecule has 0 fully saturated rings. The number of ether oxygens (including phenoxy) is 1. The van der Waals surface area contributed by atoms with Crippen LogP contribution >= 0.6 is 34.5 Å². The fraction of sp³-hybridized carbons (Fsp3) is 0.0870. The molecule has 0 aliphatic rings. The minimum Gasteiger partial charge on any atom is -0.479 e. The first-order valence-electron chi connectivity index (χ1n) is 9.39. The van der Waals surface area contributed by atoms with E-state index in [-0.39, 0.29) is 5.91 Å². The first kappa shape index (κ1) is 21.3. The molecule has 2 heterocycles. The van der Waals surface area contributed by atoms with Crippen LogP contribution in [0.2, 0.25) is 10.0 Å². The number of pyridine rings is 1. The van der Waals surface area contributed by atoms with Crippen LogP contribution in [0.5, 0.6) is 5.75 Å². The summed E-state index contributed by atoms with van der Waals surface area (Å²) in [6.07, 6.45) is 0.991. The standard InChI is InChI=1S/C23H17Cl2N3O2S/c1-14(30-21-9-8-16(24)12-18(21)25)22(29)27-17-6-4-5-15(11-17)20-13-31-23(28-20)19-7-2-3-10-26-19/h2-14H,1H3,(H,27,29). The molecule has 2 aromatic heterocycles. The highest BCUT2D eigenvalue weighted by molar-refractivity contribution is 7.13. The van der Waals surface area contributed by atoms with Gasteiger partial charge in [-0.1, -0.05) is 41.4 Å². The number of thiazole rings is 1. The first-order chi connectivity index (χ1) is 15.0. The van der Waals surface area contributed by atoms with Crippen molar-refractivity contribution in [3.8, 4) is 27.7 Å². The molecule has 156 valence electrons. The number of anilines is 1. The normalized spacial score (nSPS) is 11.7. The van der Waals surface area contributed by atoms with Gasteiger partial charge < -0.3 is 10.1 Å². The second-order valence-electron chi connectivity index (χ2n) is 6.66. The lowest BCUT2D eigenvalue weighted by atomic mass is 10.1. The predicted molar refractivity (Wildman–Crippen MR) is 126 cm³/mol. The number of benzene rings is 2. The lowest BCUT2D eigenvalue weighted by Crippen LogP contribution is -2.30. The van der Waals surface area contributed by atoms with E-state index in [0.717, 1.165) is 22.0 Å². The summed E-state index contributed by atoms with van der Waals surface area (Å²) in [7, 11) is 0. The molecule has 31 heavy (non-hydrogen) atoms. The molecule has 0 saturated heterocycles. The number of carbonyl (C=O) groups is 1. The van der Waals surface area contributed by atoms with Crippen molar-refractivity contribution in [2.45, 2.75) is 13.0 Å². The van der Waals surface area contributed by atoms with Gasteiger partial charge in [-0.05, 0) is 49.4 Å². The molecule has 0 aliphatic carbocycles. The Labute approximate surface area is 193 Å². The van der Waals surface area contributed by atoms with Crippen LogP contribution in [-0.2, 0) is 4.79 Å². The summed E-state index contributed by atoms with van der Waals surface area (Å²) in [5.41, 5.74) is 3.19. The second kappa shape index (κ2) is 9.47. The summed E-state index contributed by atoms with van der Waals surface area (Å²) in [5, 5.41) is 6.53. The van der Waals surface area contributed by atoms with Gasteiger partial charge in [-0.2, -0.15) is 0 Å². The van der Waals surface area contributed by atoms with E-state index in [1.165, 1.54) is 11.3 Å². The van der Waals surface area contributed by atoms with Crippen LogP contribution in [0.25, 0.3) is 22.0 Å². The number of halogens is 2. The van der Waals surface area contributed by atoms with E-state index in [1.807, 2.05) is 47.8 Å². The van der Waals surface area contributed by atoms with Crippen LogP contribution in [0, 0.1) is 0 Å². The minimum atomic E-state index is -0.752. The number of aromatic nitrogens is 2. The molecule has 5 nitrogen and oxygen atoms in total. The third-order valence-electron chi connectivity index (χ3n) is 4.38. The minimum absolute atomic E-state index is 0.296. The maximum Gasteiger partial charge on any atom is 0.265 e. The third-order valence-corrected chi connectivity index (χ3v) is 5.78. The molecular formula is C23H17Cl2N3O2S. The maximum absolute atomic E-state index is 12.6. The van der Waals surface area contributed by atoms with Crippen molar-refractivity contribution in [2.75, 3.05) is 5.32 Å². The first-order valence-corrected chi connectivity index (χ1v) is 11.0. The smallest absolute Gasteiger partial charge is 0.265 e. The summed E-state index contributed by atoms with van der Waals surface area (Å²) in [6, 6.07) is 18.1. The number of nitrogens with one attached hydrogen (secondary N) is 1. The number of nitrogens with zero attached hydrogens (tertiary/aromatic N) is 2. The highest BCUT2D eigenvalue weighted by Gasteiger charge is 2.17. The van der Waals surface area contributed by atoms with Crippen molar-refractivity contribution in [1.29, 1.82) is 0 Å². The van der Waals surface area contributed by atoms with E-state index < -0.39 is 6.10 Å². The largest absolute Gasteiger partial charge is 0.479 e. The summed E-state index contributed by atoms with van der Waals surface area (Å²) < 4.78 is 5.68. The molecule has 4 aromatic rings. The van der Waals surface area contributed by atoms with Crippen LogP contribution in [0.15, 0.2) is 72.2 Å². The van der Waals surface area contributed by atoms with Crippen molar-refractivity contribution >= 4 is 46.1 Å². The Morgan fingerprint density at radius 2 is 1.94 bits per heavy atom. The summed E-state index contributed by atoms with van der Waals surface area (Å²) >= 11 is 13.5. The van der Waals surface area contributed by atoms with Gasteiger partial charge >= 0.3 is 0 Å². The maximum atomic E-state index is 12.6. The fourth-order valence-corrected chi connectivity index (χ4v) is 4.09. The predicted octanol–water partition coefficient (Wildman–Crippen LogP) is 6.58. The quantitative estimate of drug-likeness (QED) is 0.346. The third kappa shape index (κ3) is 5.22. The van der Waals surface area contributed by atoms with Gasteiger partial charge in [-0.15, -0.1) is 11.3 Å². The van der Waals surface area contributed by atoms with E-state index in [9.17, 15) is 4.79 Å². The number of carbonyl (C=O) groups excluding carboxylic acids is 1. The SMILES string of the molecule is CC(Oc1ccc(Cl)cc1Cl)C(=O)Nc1cccc(-c2csc(-c3ccccn3)n2)c1. The molecule has 1 unspecified atom stereocenters. The summed E-state index contributed by atoms with van der Waals surface area (Å²) in [4.78, 5) is 21.6. The van der Waals surface area contributed by atoms with Crippen molar-refractivity contribution in [2.24, 2.45) is 0 Å². The Morgan fingerprint density at radius 3 is 2.71 bits per heavy atom. The molecule has 1 atom stereocenters. The van der Waals surface area contributed by atoms with Gasteiger partial charge in [0.05, 0.1) is 16.4 Å². The van der Waals surface area contributed by atoms with E-state index in [1.54, 1.807) is 31.3 Å². The van der Waals surface area contributed by atoms with Gasteiger partial charge in [0.1, 0.15) is 10.8 Å². The Balaban J connectivity index is 1.46. The van der Waals surface area contributed by atoms with E-state index in [0.29, 0.717) is 21.5 Å². The van der Waals surface area contributed by atoms with Crippen molar-refractivity contribution in [1.82, 2.24) is 9.97 Å². The van der Waals surface area contributed by atoms with Gasteiger partial charge in [-0.25, -0.2) is 4.98 Å². The zero-order valence-electron chi connectivity index (χ0n) is 16.4. The fourth-order valence-electron chi connectivity index (χ4n) is 2.83. The summed E-state index contributed by atoms with van der Waals surface area (Å²) in [6.45, 7) is 1.66. The topological polar surface area (TPSA) is 64.1 Å². The average molecular weight is 470 g/mol. The Hall–Kier alpha value is -2.93. The highest BCUT2D eigenvalue weighted by atomic mass is 35.5. The van der Waals surface area contributed by atoms with Crippen molar-refractivity contribution in [3.05, 3.63) is 82.3 Å². The molecule has 0 bridgehead atoms. The average Bonchev–Trinajstić information content (AvgIpc) is 3.27. The van der Waals surface area contributed by atoms with Gasteiger partial charge in [0.25, 0.3) is 5.91 Å². The van der Waals surface area contributed by atoms with Gasteiger partial charge in [0, 0.05) is 27.9 Å². The molecule has 1 N–H and O–H groups in total. The molecule has 0 aliphatic heterocycles. The van der Waals surface area contributed by atoms with Gasteiger partial charge in [0.15, 0.2) is 6.10 Å². The van der Waals surface area contributed by atoms with E-state index in [4.69, 9.17) is 27.9 Å². The summed E-state index contributed by atoms with van der Waals surface area (Å²) in [5.74, 6) is 0.0996.